The second-order valence-corrected chi connectivity index (χ2v) is 3.93. The lowest BCUT2D eigenvalue weighted by atomic mass is 10.2. The zero-order valence-corrected chi connectivity index (χ0v) is 10.5. The standard InChI is InChI=1S/C14H12O6/c1-19-12-6-8(3-5-10(12)15)2-4-9-7-11(16)13(17)14(18)20-9/h2-7,15-17H,1H3. The maximum atomic E-state index is 11.2. The van der Waals surface area contributed by atoms with Crippen molar-refractivity contribution in [1.29, 1.82) is 0 Å². The number of hydrogen-bond donors (Lipinski definition) is 3. The highest BCUT2D eigenvalue weighted by atomic mass is 16.5. The number of benzene rings is 1. The van der Waals surface area contributed by atoms with E-state index in [1.165, 1.54) is 19.3 Å². The Hall–Kier alpha value is -2.89. The van der Waals surface area contributed by atoms with Gasteiger partial charge < -0.3 is 24.5 Å². The molecule has 1 aromatic carbocycles. The SMILES string of the molecule is COc1cc(C=Cc2cc(O)c(O)c(=O)o2)ccc1O. The third-order valence-electron chi connectivity index (χ3n) is 2.57. The molecular weight excluding hydrogens is 264 g/mol. The zero-order valence-electron chi connectivity index (χ0n) is 10.5. The minimum atomic E-state index is -1.02. The summed E-state index contributed by atoms with van der Waals surface area (Å²) >= 11 is 0. The molecule has 3 N–H and O–H groups in total. The average Bonchev–Trinajstić information content (AvgIpc) is 2.43. The Morgan fingerprint density at radius 3 is 2.50 bits per heavy atom. The summed E-state index contributed by atoms with van der Waals surface area (Å²) in [7, 11) is 1.43. The molecule has 0 unspecified atom stereocenters. The number of phenolic OH excluding ortho intramolecular Hbond substituents is 1. The van der Waals surface area contributed by atoms with Crippen molar-refractivity contribution in [2.24, 2.45) is 0 Å². The van der Waals surface area contributed by atoms with Crippen LogP contribution in [0.5, 0.6) is 23.0 Å². The van der Waals surface area contributed by atoms with Gasteiger partial charge in [-0.05, 0) is 23.8 Å². The van der Waals surface area contributed by atoms with Gasteiger partial charge in [0.15, 0.2) is 17.2 Å². The molecule has 0 saturated heterocycles. The summed E-state index contributed by atoms with van der Waals surface area (Å²) < 4.78 is 9.72. The Balaban J connectivity index is 2.32. The molecule has 0 bridgehead atoms. The molecule has 0 aliphatic carbocycles. The zero-order chi connectivity index (χ0) is 14.7. The number of ether oxygens (including phenoxy) is 1. The number of phenols is 1. The van der Waals surface area contributed by atoms with E-state index in [-0.39, 0.29) is 11.5 Å². The third-order valence-corrected chi connectivity index (χ3v) is 2.57. The van der Waals surface area contributed by atoms with Crippen LogP contribution in [-0.4, -0.2) is 22.4 Å². The van der Waals surface area contributed by atoms with E-state index in [1.54, 1.807) is 18.2 Å². The first kappa shape index (κ1) is 13.5. The molecule has 6 heteroatoms. The van der Waals surface area contributed by atoms with Gasteiger partial charge in [0.2, 0.25) is 5.75 Å². The van der Waals surface area contributed by atoms with Gasteiger partial charge in [0.1, 0.15) is 5.76 Å². The van der Waals surface area contributed by atoms with Gasteiger partial charge in [0.05, 0.1) is 7.11 Å². The summed E-state index contributed by atoms with van der Waals surface area (Å²) in [5, 5.41) is 27.8. The van der Waals surface area contributed by atoms with E-state index in [0.29, 0.717) is 11.3 Å². The second-order valence-electron chi connectivity index (χ2n) is 3.93. The highest BCUT2D eigenvalue weighted by molar-refractivity contribution is 5.69. The summed E-state index contributed by atoms with van der Waals surface area (Å²) in [5.74, 6) is -0.976. The lowest BCUT2D eigenvalue weighted by Crippen LogP contribution is -1.98. The molecule has 6 nitrogen and oxygen atoms in total. The van der Waals surface area contributed by atoms with Crippen LogP contribution < -0.4 is 10.4 Å². The molecule has 0 aliphatic heterocycles. The van der Waals surface area contributed by atoms with E-state index in [0.717, 1.165) is 6.07 Å². The summed E-state index contributed by atoms with van der Waals surface area (Å²) in [6.45, 7) is 0. The molecule has 0 saturated carbocycles. The van der Waals surface area contributed by atoms with E-state index in [9.17, 15) is 15.0 Å². The van der Waals surface area contributed by atoms with Crippen molar-refractivity contribution >= 4 is 12.2 Å². The number of methoxy groups -OCH3 is 1. The van der Waals surface area contributed by atoms with Gasteiger partial charge in [-0.25, -0.2) is 4.79 Å². The summed E-state index contributed by atoms with van der Waals surface area (Å²) in [5.41, 5.74) is -0.331. The number of rotatable bonds is 3. The minimum absolute atomic E-state index is 0.0125. The molecule has 20 heavy (non-hydrogen) atoms. The van der Waals surface area contributed by atoms with E-state index >= 15 is 0 Å². The van der Waals surface area contributed by atoms with Gasteiger partial charge in [-0.15, -0.1) is 0 Å². The first-order valence-corrected chi connectivity index (χ1v) is 5.62. The van der Waals surface area contributed by atoms with Gasteiger partial charge >= 0.3 is 5.63 Å². The molecule has 0 atom stereocenters. The molecule has 104 valence electrons. The Bertz CT molecular complexity index is 714. The Kier molecular flexibility index (Phi) is 3.65. The monoisotopic (exact) mass is 276 g/mol. The number of aromatic hydroxyl groups is 3. The van der Waals surface area contributed by atoms with Crippen LogP contribution in [0.1, 0.15) is 11.3 Å². The van der Waals surface area contributed by atoms with Crippen LogP contribution in [0.3, 0.4) is 0 Å². The predicted octanol–water partition coefficient (Wildman–Crippen LogP) is 1.94. The molecule has 0 fully saturated rings. The van der Waals surface area contributed by atoms with Crippen LogP contribution in [0, 0.1) is 0 Å². The van der Waals surface area contributed by atoms with Gasteiger partial charge in [0, 0.05) is 6.07 Å². The van der Waals surface area contributed by atoms with E-state index in [2.05, 4.69) is 0 Å². The van der Waals surface area contributed by atoms with E-state index < -0.39 is 17.1 Å². The molecule has 0 aliphatic rings. The fourth-order valence-electron chi connectivity index (χ4n) is 1.55. The van der Waals surface area contributed by atoms with Crippen molar-refractivity contribution in [1.82, 2.24) is 0 Å². The van der Waals surface area contributed by atoms with Crippen LogP contribution in [-0.2, 0) is 0 Å². The van der Waals surface area contributed by atoms with Crippen molar-refractivity contribution in [2.75, 3.05) is 7.11 Å². The van der Waals surface area contributed by atoms with Gasteiger partial charge in [-0.1, -0.05) is 12.1 Å². The summed E-state index contributed by atoms with van der Waals surface area (Å²) in [4.78, 5) is 11.2. The molecule has 2 aromatic rings. The number of hydrogen-bond acceptors (Lipinski definition) is 6. The fraction of sp³-hybridized carbons (Fsp3) is 0.0714. The maximum absolute atomic E-state index is 11.2. The first-order valence-electron chi connectivity index (χ1n) is 5.62. The van der Waals surface area contributed by atoms with Crippen LogP contribution in [0.2, 0.25) is 0 Å². The predicted molar refractivity (Wildman–Crippen MR) is 71.9 cm³/mol. The average molecular weight is 276 g/mol. The largest absolute Gasteiger partial charge is 0.504 e. The van der Waals surface area contributed by atoms with Gasteiger partial charge in [-0.2, -0.15) is 0 Å². The van der Waals surface area contributed by atoms with Gasteiger partial charge in [-0.3, -0.25) is 0 Å². The lowest BCUT2D eigenvalue weighted by Gasteiger charge is -2.03. The van der Waals surface area contributed by atoms with E-state index in [1.807, 2.05) is 0 Å². The highest BCUT2D eigenvalue weighted by Gasteiger charge is 2.07. The summed E-state index contributed by atoms with van der Waals surface area (Å²) in [6.07, 6.45) is 3.03. The minimum Gasteiger partial charge on any atom is -0.504 e. The van der Waals surface area contributed by atoms with Crippen molar-refractivity contribution in [2.45, 2.75) is 0 Å². The van der Waals surface area contributed by atoms with Crippen LogP contribution in [0.25, 0.3) is 12.2 Å². The molecular formula is C14H12O6. The van der Waals surface area contributed by atoms with Crippen LogP contribution in [0.15, 0.2) is 33.5 Å². The Morgan fingerprint density at radius 1 is 1.10 bits per heavy atom. The molecule has 0 amide bonds. The second kappa shape index (κ2) is 5.40. The topological polar surface area (TPSA) is 100 Å². The highest BCUT2D eigenvalue weighted by Crippen LogP contribution is 2.27. The fourth-order valence-corrected chi connectivity index (χ4v) is 1.55. The summed E-state index contributed by atoms with van der Waals surface area (Å²) in [6, 6.07) is 5.80. The van der Waals surface area contributed by atoms with Crippen molar-refractivity contribution in [3.8, 4) is 23.0 Å². The van der Waals surface area contributed by atoms with E-state index in [4.69, 9.17) is 14.3 Å². The smallest absolute Gasteiger partial charge is 0.382 e. The quantitative estimate of drug-likeness (QED) is 0.792. The maximum Gasteiger partial charge on any atom is 0.382 e. The Morgan fingerprint density at radius 2 is 1.85 bits per heavy atom. The first-order chi connectivity index (χ1) is 9.51. The molecule has 2 rings (SSSR count). The molecule has 1 aromatic heterocycles. The lowest BCUT2D eigenvalue weighted by molar-refractivity contribution is 0.362. The van der Waals surface area contributed by atoms with Crippen LogP contribution >= 0.6 is 0 Å². The van der Waals surface area contributed by atoms with Crippen molar-refractivity contribution in [3.05, 3.63) is 46.0 Å². The van der Waals surface area contributed by atoms with Gasteiger partial charge in [0.25, 0.3) is 0 Å². The van der Waals surface area contributed by atoms with Crippen molar-refractivity contribution < 1.29 is 24.5 Å². The third kappa shape index (κ3) is 2.74. The van der Waals surface area contributed by atoms with Crippen molar-refractivity contribution in [3.63, 3.8) is 0 Å². The van der Waals surface area contributed by atoms with Crippen LogP contribution in [0.4, 0.5) is 0 Å². The molecule has 0 radical (unpaired) electrons. The Labute approximate surface area is 113 Å². The molecule has 1 heterocycles. The normalized spacial score (nSPS) is 10.8. The molecule has 0 spiro atoms.